The highest BCUT2D eigenvalue weighted by Crippen LogP contribution is 2.21. The van der Waals surface area contributed by atoms with E-state index in [1.165, 1.54) is 11.1 Å². The Balaban J connectivity index is 2.09. The maximum absolute atomic E-state index is 5.69. The van der Waals surface area contributed by atoms with Crippen molar-refractivity contribution in [3.05, 3.63) is 59.2 Å². The molecule has 1 N–H and O–H groups in total. The van der Waals surface area contributed by atoms with Gasteiger partial charge >= 0.3 is 0 Å². The fourth-order valence-electron chi connectivity index (χ4n) is 2.13. The van der Waals surface area contributed by atoms with Gasteiger partial charge in [-0.05, 0) is 55.7 Å². The van der Waals surface area contributed by atoms with Crippen LogP contribution in [0.1, 0.15) is 30.0 Å². The van der Waals surface area contributed by atoms with Gasteiger partial charge in [-0.1, -0.05) is 25.1 Å². The van der Waals surface area contributed by atoms with Crippen LogP contribution in [0.15, 0.2) is 47.6 Å². The topological polar surface area (TPSA) is 33.6 Å². The third-order valence-electron chi connectivity index (χ3n) is 3.20. The van der Waals surface area contributed by atoms with Crippen molar-refractivity contribution in [2.24, 2.45) is 5.10 Å². The van der Waals surface area contributed by atoms with Gasteiger partial charge < -0.3 is 4.74 Å². The average molecular weight is 282 g/mol. The van der Waals surface area contributed by atoms with E-state index >= 15 is 0 Å². The molecule has 2 aromatic carbocycles. The molecule has 0 atom stereocenters. The lowest BCUT2D eigenvalue weighted by Crippen LogP contribution is -1.99. The van der Waals surface area contributed by atoms with Crippen LogP contribution in [0.25, 0.3) is 0 Å². The molecular formula is C18H22N2O. The van der Waals surface area contributed by atoms with Crippen molar-refractivity contribution in [3.63, 3.8) is 0 Å². The van der Waals surface area contributed by atoms with Crippen molar-refractivity contribution in [2.45, 2.75) is 27.2 Å². The van der Waals surface area contributed by atoms with Gasteiger partial charge in [-0.2, -0.15) is 5.10 Å². The van der Waals surface area contributed by atoms with E-state index < -0.39 is 0 Å². The highest BCUT2D eigenvalue weighted by atomic mass is 16.5. The molecule has 0 aromatic heterocycles. The summed E-state index contributed by atoms with van der Waals surface area (Å²) in [6.07, 6.45) is 2.88. The molecule has 3 heteroatoms. The van der Waals surface area contributed by atoms with Crippen molar-refractivity contribution in [1.82, 2.24) is 0 Å². The lowest BCUT2D eigenvalue weighted by atomic mass is 10.0. The van der Waals surface area contributed by atoms with Gasteiger partial charge in [0.2, 0.25) is 0 Å². The van der Waals surface area contributed by atoms with Crippen LogP contribution in [-0.4, -0.2) is 12.8 Å². The number of aryl methyl sites for hydroxylation is 2. The first-order valence-electron chi connectivity index (χ1n) is 7.29. The van der Waals surface area contributed by atoms with E-state index in [1.807, 2.05) is 36.5 Å². The Morgan fingerprint density at radius 2 is 1.76 bits per heavy atom. The van der Waals surface area contributed by atoms with Crippen LogP contribution in [0.2, 0.25) is 0 Å². The van der Waals surface area contributed by atoms with Crippen LogP contribution in [-0.2, 0) is 0 Å². The fraction of sp³-hybridized carbons (Fsp3) is 0.278. The van der Waals surface area contributed by atoms with E-state index in [0.29, 0.717) is 0 Å². The molecule has 3 nitrogen and oxygen atoms in total. The minimum absolute atomic E-state index is 0.752. The standard InChI is InChI=1S/C18H22N2O/c1-4-10-21-17-11-14(2)18(15(3)12-17)13-19-20-16-8-6-5-7-9-16/h5-9,11-13,20H,4,10H2,1-3H3. The quantitative estimate of drug-likeness (QED) is 0.623. The highest BCUT2D eigenvalue weighted by Gasteiger charge is 2.04. The van der Waals surface area contributed by atoms with E-state index in [-0.39, 0.29) is 0 Å². The van der Waals surface area contributed by atoms with Crippen LogP contribution in [0.4, 0.5) is 5.69 Å². The van der Waals surface area contributed by atoms with E-state index in [1.54, 1.807) is 0 Å². The summed E-state index contributed by atoms with van der Waals surface area (Å²) in [6.45, 7) is 7.02. The Hall–Kier alpha value is -2.29. The summed E-state index contributed by atoms with van der Waals surface area (Å²) in [5, 5.41) is 4.31. The molecule has 110 valence electrons. The lowest BCUT2D eigenvalue weighted by molar-refractivity contribution is 0.317. The van der Waals surface area contributed by atoms with Gasteiger partial charge in [0.05, 0.1) is 18.5 Å². The molecule has 0 aliphatic heterocycles. The second kappa shape index (κ2) is 7.48. The molecule has 2 aromatic rings. The zero-order chi connectivity index (χ0) is 15.1. The summed E-state index contributed by atoms with van der Waals surface area (Å²) in [6, 6.07) is 14.0. The van der Waals surface area contributed by atoms with E-state index in [4.69, 9.17) is 4.74 Å². The zero-order valence-electron chi connectivity index (χ0n) is 12.9. The van der Waals surface area contributed by atoms with Gasteiger partial charge in [-0.25, -0.2) is 0 Å². The first-order chi connectivity index (χ1) is 10.2. The monoisotopic (exact) mass is 282 g/mol. The van der Waals surface area contributed by atoms with Gasteiger partial charge in [0.15, 0.2) is 0 Å². The van der Waals surface area contributed by atoms with E-state index in [0.717, 1.165) is 30.0 Å². The molecule has 0 aliphatic carbocycles. The third kappa shape index (κ3) is 4.35. The number of hydrogen-bond donors (Lipinski definition) is 1. The minimum atomic E-state index is 0.752. The van der Waals surface area contributed by atoms with Crippen molar-refractivity contribution >= 4 is 11.9 Å². The molecule has 0 saturated heterocycles. The Morgan fingerprint density at radius 1 is 1.10 bits per heavy atom. The lowest BCUT2D eigenvalue weighted by Gasteiger charge is -2.10. The minimum Gasteiger partial charge on any atom is -0.494 e. The molecule has 0 saturated carbocycles. The number of hydrazone groups is 1. The number of nitrogens with zero attached hydrogens (tertiary/aromatic N) is 1. The van der Waals surface area contributed by atoms with Gasteiger partial charge in [0.25, 0.3) is 0 Å². The highest BCUT2D eigenvalue weighted by molar-refractivity contribution is 5.84. The fourth-order valence-corrected chi connectivity index (χ4v) is 2.13. The average Bonchev–Trinajstić information content (AvgIpc) is 2.49. The van der Waals surface area contributed by atoms with Crippen LogP contribution in [0.5, 0.6) is 5.75 Å². The van der Waals surface area contributed by atoms with Crippen molar-refractivity contribution in [1.29, 1.82) is 0 Å². The third-order valence-corrected chi connectivity index (χ3v) is 3.20. The molecule has 21 heavy (non-hydrogen) atoms. The number of hydrogen-bond acceptors (Lipinski definition) is 3. The second-order valence-electron chi connectivity index (χ2n) is 5.06. The predicted molar refractivity (Wildman–Crippen MR) is 89.4 cm³/mol. The van der Waals surface area contributed by atoms with Crippen molar-refractivity contribution < 1.29 is 4.74 Å². The van der Waals surface area contributed by atoms with Gasteiger partial charge in [0, 0.05) is 5.56 Å². The summed E-state index contributed by atoms with van der Waals surface area (Å²) < 4.78 is 5.69. The molecular weight excluding hydrogens is 260 g/mol. The van der Waals surface area contributed by atoms with E-state index in [2.05, 4.69) is 43.4 Å². The Bertz CT molecular complexity index is 583. The van der Waals surface area contributed by atoms with Gasteiger partial charge in [0.1, 0.15) is 5.75 Å². The predicted octanol–water partition coefficient (Wildman–Crippen LogP) is 4.54. The summed E-state index contributed by atoms with van der Waals surface area (Å²) in [5.74, 6) is 0.931. The number of para-hydroxylation sites is 1. The molecule has 0 aliphatic rings. The first-order valence-corrected chi connectivity index (χ1v) is 7.29. The molecule has 2 rings (SSSR count). The maximum Gasteiger partial charge on any atom is 0.119 e. The maximum atomic E-state index is 5.69. The van der Waals surface area contributed by atoms with Crippen molar-refractivity contribution in [3.8, 4) is 5.75 Å². The Morgan fingerprint density at radius 3 is 2.38 bits per heavy atom. The van der Waals surface area contributed by atoms with Gasteiger partial charge in [-0.15, -0.1) is 0 Å². The summed E-state index contributed by atoms with van der Waals surface area (Å²) in [5.41, 5.74) is 7.47. The molecule has 0 unspecified atom stereocenters. The van der Waals surface area contributed by atoms with Crippen molar-refractivity contribution in [2.75, 3.05) is 12.0 Å². The Kier molecular flexibility index (Phi) is 5.38. The number of benzene rings is 2. The molecule has 0 bridgehead atoms. The van der Waals surface area contributed by atoms with E-state index in [9.17, 15) is 0 Å². The summed E-state index contributed by atoms with van der Waals surface area (Å²) in [7, 11) is 0. The number of anilines is 1. The van der Waals surface area contributed by atoms with Crippen LogP contribution < -0.4 is 10.2 Å². The van der Waals surface area contributed by atoms with Crippen LogP contribution in [0, 0.1) is 13.8 Å². The normalized spacial score (nSPS) is 10.8. The summed E-state index contributed by atoms with van der Waals surface area (Å²) >= 11 is 0. The summed E-state index contributed by atoms with van der Waals surface area (Å²) in [4.78, 5) is 0. The SMILES string of the molecule is CCCOc1cc(C)c(C=NNc2ccccc2)c(C)c1. The number of nitrogens with one attached hydrogen (secondary N) is 1. The molecule has 0 spiro atoms. The molecule has 0 fully saturated rings. The second-order valence-corrected chi connectivity index (χ2v) is 5.06. The number of ether oxygens (including phenoxy) is 1. The molecule has 0 radical (unpaired) electrons. The van der Waals surface area contributed by atoms with Gasteiger partial charge in [-0.3, -0.25) is 5.43 Å². The molecule has 0 heterocycles. The van der Waals surface area contributed by atoms with Crippen LogP contribution >= 0.6 is 0 Å². The molecule has 0 amide bonds. The first kappa shape index (κ1) is 15.1. The number of rotatable bonds is 6. The largest absolute Gasteiger partial charge is 0.494 e. The zero-order valence-corrected chi connectivity index (χ0v) is 12.9. The van der Waals surface area contributed by atoms with Crippen LogP contribution in [0.3, 0.4) is 0 Å². The Labute approximate surface area is 126 Å². The smallest absolute Gasteiger partial charge is 0.119 e.